The molecule has 0 heterocycles. The largest absolute Gasteiger partial charge is 0.322 e. The van der Waals surface area contributed by atoms with Crippen molar-refractivity contribution in [1.29, 1.82) is 0 Å². The number of rotatable bonds is 3. The van der Waals surface area contributed by atoms with E-state index in [1.165, 1.54) is 18.2 Å². The number of benzene rings is 2. The molecule has 21 heavy (non-hydrogen) atoms. The summed E-state index contributed by atoms with van der Waals surface area (Å²) in [5.74, 6) is -0.246. The van der Waals surface area contributed by atoms with E-state index in [-0.39, 0.29) is 10.8 Å². The molecule has 0 spiro atoms. The first kappa shape index (κ1) is 16.3. The Labute approximate surface area is 141 Å². The van der Waals surface area contributed by atoms with Crippen LogP contribution >= 0.6 is 33.3 Å². The molecule has 0 saturated heterocycles. The van der Waals surface area contributed by atoms with Crippen molar-refractivity contribution in [3.05, 3.63) is 57.2 Å². The van der Waals surface area contributed by atoms with Crippen molar-refractivity contribution in [3.63, 3.8) is 0 Å². The summed E-state index contributed by atoms with van der Waals surface area (Å²) in [5.41, 5.74) is 1.73. The highest BCUT2D eigenvalue weighted by molar-refractivity contribution is 14.1. The first-order chi connectivity index (χ1) is 9.79. The average Bonchev–Trinajstić information content (AvgIpc) is 2.40. The molecule has 2 aromatic carbocycles. The third-order valence-corrected chi connectivity index (χ3v) is 5.14. The van der Waals surface area contributed by atoms with Gasteiger partial charge in [-0.05, 0) is 65.4 Å². The van der Waals surface area contributed by atoms with Crippen molar-refractivity contribution in [1.82, 2.24) is 0 Å². The average molecular weight is 436 g/mol. The molecule has 0 aliphatic heterocycles. The number of hydrogen-bond donors (Lipinski definition) is 1. The number of carbonyl (C=O) groups excluding carboxylic acids is 1. The minimum atomic E-state index is -3.77. The van der Waals surface area contributed by atoms with Gasteiger partial charge in [0.15, 0.2) is 0 Å². The third-order valence-electron chi connectivity index (χ3n) is 2.85. The van der Waals surface area contributed by atoms with Gasteiger partial charge in [0.1, 0.15) is 0 Å². The highest BCUT2D eigenvalue weighted by Crippen LogP contribution is 2.23. The molecule has 0 unspecified atom stereocenters. The van der Waals surface area contributed by atoms with Gasteiger partial charge in [0.25, 0.3) is 15.0 Å². The highest BCUT2D eigenvalue weighted by atomic mass is 127. The van der Waals surface area contributed by atoms with Crippen molar-refractivity contribution in [2.75, 3.05) is 5.32 Å². The van der Waals surface area contributed by atoms with Crippen molar-refractivity contribution >= 4 is 53.9 Å². The van der Waals surface area contributed by atoms with E-state index in [1.54, 1.807) is 19.1 Å². The Bertz CT molecular complexity index is 806. The van der Waals surface area contributed by atoms with Gasteiger partial charge in [-0.1, -0.05) is 12.1 Å². The van der Waals surface area contributed by atoms with E-state index >= 15 is 0 Å². The molecule has 4 nitrogen and oxygen atoms in total. The van der Waals surface area contributed by atoms with Crippen LogP contribution in [0.5, 0.6) is 0 Å². The fourth-order valence-corrected chi connectivity index (χ4v) is 3.23. The summed E-state index contributed by atoms with van der Waals surface area (Å²) < 4.78 is 23.4. The first-order valence-electron chi connectivity index (χ1n) is 5.90. The lowest BCUT2D eigenvalue weighted by Crippen LogP contribution is -2.14. The fourth-order valence-electron chi connectivity index (χ4n) is 1.76. The molecule has 110 valence electrons. The summed E-state index contributed by atoms with van der Waals surface area (Å²) >= 11 is 2.09. The lowest BCUT2D eigenvalue weighted by molar-refractivity contribution is 0.102. The fraction of sp³-hybridized carbons (Fsp3) is 0.0714. The maximum absolute atomic E-state index is 12.2. The number of carbonyl (C=O) groups is 1. The van der Waals surface area contributed by atoms with Crippen LogP contribution in [0.2, 0.25) is 0 Å². The molecule has 0 aliphatic rings. The molecule has 0 atom stereocenters. The Balaban J connectivity index is 2.29. The van der Waals surface area contributed by atoms with Crippen LogP contribution in [0.15, 0.2) is 47.4 Å². The van der Waals surface area contributed by atoms with Gasteiger partial charge in [0.2, 0.25) is 0 Å². The van der Waals surface area contributed by atoms with E-state index in [0.29, 0.717) is 16.8 Å². The summed E-state index contributed by atoms with van der Waals surface area (Å²) in [7, 11) is 1.52. The standard InChI is InChI=1S/C14H11ClINO3S/c1-9-8-10(21(15,19)20)6-7-13(9)17-14(18)11-4-2-3-5-12(11)16/h2-8H,1H3,(H,17,18). The Morgan fingerprint density at radius 3 is 2.43 bits per heavy atom. The molecule has 1 amide bonds. The van der Waals surface area contributed by atoms with E-state index in [4.69, 9.17) is 10.7 Å². The van der Waals surface area contributed by atoms with Crippen LogP contribution in [0.4, 0.5) is 5.69 Å². The van der Waals surface area contributed by atoms with E-state index in [9.17, 15) is 13.2 Å². The predicted octanol–water partition coefficient (Wildman–Crippen LogP) is 3.78. The predicted molar refractivity (Wildman–Crippen MR) is 91.3 cm³/mol. The van der Waals surface area contributed by atoms with Crippen molar-refractivity contribution in [3.8, 4) is 0 Å². The summed E-state index contributed by atoms with van der Waals surface area (Å²) in [6, 6.07) is 11.5. The van der Waals surface area contributed by atoms with Gasteiger partial charge in [0, 0.05) is 19.9 Å². The molecule has 0 aliphatic carbocycles. The maximum atomic E-state index is 12.2. The molecule has 0 fully saturated rings. The number of halogens is 2. The van der Waals surface area contributed by atoms with Crippen LogP contribution in [0.3, 0.4) is 0 Å². The van der Waals surface area contributed by atoms with Crippen molar-refractivity contribution in [2.24, 2.45) is 0 Å². The lowest BCUT2D eigenvalue weighted by Gasteiger charge is -2.10. The van der Waals surface area contributed by atoms with Gasteiger partial charge < -0.3 is 5.32 Å². The summed E-state index contributed by atoms with van der Waals surface area (Å²) in [4.78, 5) is 12.2. The zero-order valence-electron chi connectivity index (χ0n) is 10.9. The second-order valence-electron chi connectivity index (χ2n) is 4.35. The van der Waals surface area contributed by atoms with Crippen LogP contribution in [-0.2, 0) is 9.05 Å². The molecule has 0 aromatic heterocycles. The second kappa shape index (κ2) is 6.33. The molecule has 0 saturated carbocycles. The van der Waals surface area contributed by atoms with Crippen LogP contribution in [0.25, 0.3) is 0 Å². The van der Waals surface area contributed by atoms with Crippen molar-refractivity contribution < 1.29 is 13.2 Å². The molecular formula is C14H11ClINO3S. The van der Waals surface area contributed by atoms with Gasteiger partial charge in [0.05, 0.1) is 10.5 Å². The molecule has 1 N–H and O–H groups in total. The molecular weight excluding hydrogens is 425 g/mol. The molecule has 0 bridgehead atoms. The SMILES string of the molecule is Cc1cc(S(=O)(=O)Cl)ccc1NC(=O)c1ccccc1I. The summed E-state index contributed by atoms with van der Waals surface area (Å²) in [6.45, 7) is 1.71. The lowest BCUT2D eigenvalue weighted by atomic mass is 10.1. The van der Waals surface area contributed by atoms with E-state index in [2.05, 4.69) is 27.9 Å². The monoisotopic (exact) mass is 435 g/mol. The number of nitrogens with one attached hydrogen (secondary N) is 1. The smallest absolute Gasteiger partial charge is 0.261 e. The normalized spacial score (nSPS) is 11.2. The Morgan fingerprint density at radius 2 is 1.86 bits per heavy atom. The number of hydrogen-bond acceptors (Lipinski definition) is 3. The van der Waals surface area contributed by atoms with Crippen molar-refractivity contribution in [2.45, 2.75) is 11.8 Å². The summed E-state index contributed by atoms with van der Waals surface area (Å²) in [5, 5.41) is 2.76. The number of amides is 1. The van der Waals surface area contributed by atoms with Gasteiger partial charge in [-0.2, -0.15) is 0 Å². The number of anilines is 1. The maximum Gasteiger partial charge on any atom is 0.261 e. The van der Waals surface area contributed by atoms with Crippen LogP contribution < -0.4 is 5.32 Å². The Kier molecular flexibility index (Phi) is 4.90. The molecule has 7 heteroatoms. The van der Waals surface area contributed by atoms with Gasteiger partial charge in [-0.15, -0.1) is 0 Å². The Morgan fingerprint density at radius 1 is 1.19 bits per heavy atom. The van der Waals surface area contributed by atoms with Gasteiger partial charge in [-0.3, -0.25) is 4.79 Å². The zero-order chi connectivity index (χ0) is 15.6. The van der Waals surface area contributed by atoms with Crippen LogP contribution in [-0.4, -0.2) is 14.3 Å². The minimum absolute atomic E-state index is 0.00829. The van der Waals surface area contributed by atoms with Crippen LogP contribution in [0, 0.1) is 10.5 Å². The van der Waals surface area contributed by atoms with Gasteiger partial charge in [-0.25, -0.2) is 8.42 Å². The van der Waals surface area contributed by atoms with Crippen LogP contribution in [0.1, 0.15) is 15.9 Å². The molecule has 0 radical (unpaired) electrons. The highest BCUT2D eigenvalue weighted by Gasteiger charge is 2.14. The quantitative estimate of drug-likeness (QED) is 0.589. The third kappa shape index (κ3) is 3.96. The van der Waals surface area contributed by atoms with E-state index in [1.807, 2.05) is 12.1 Å². The number of aryl methyl sites for hydroxylation is 1. The topological polar surface area (TPSA) is 63.2 Å². The van der Waals surface area contributed by atoms with Gasteiger partial charge >= 0.3 is 0 Å². The zero-order valence-corrected chi connectivity index (χ0v) is 14.7. The summed E-state index contributed by atoms with van der Waals surface area (Å²) in [6.07, 6.45) is 0. The second-order valence-corrected chi connectivity index (χ2v) is 8.08. The molecule has 2 aromatic rings. The minimum Gasteiger partial charge on any atom is -0.322 e. The molecule has 2 rings (SSSR count). The first-order valence-corrected chi connectivity index (χ1v) is 9.29. The Hall–Kier alpha value is -1.12. The van der Waals surface area contributed by atoms with E-state index < -0.39 is 9.05 Å². The van der Waals surface area contributed by atoms with E-state index in [0.717, 1.165) is 3.57 Å².